The summed E-state index contributed by atoms with van der Waals surface area (Å²) in [5.74, 6) is 0.0563. The zero-order chi connectivity index (χ0) is 15.2. The van der Waals surface area contributed by atoms with Gasteiger partial charge in [-0.1, -0.05) is 13.2 Å². The van der Waals surface area contributed by atoms with E-state index in [-0.39, 0.29) is 11.8 Å². The van der Waals surface area contributed by atoms with E-state index < -0.39 is 0 Å². The Bertz CT molecular complexity index is 374. The lowest BCUT2D eigenvalue weighted by molar-refractivity contribution is -0.114. The standard InChI is InChI=1S/C15H27N3O/c1-9-16(7)17(8)13(5)12(4)15(14(6)19)18(10-2)11-3/h9-10,13H,1-2,11H2,3-8H3/b15-12-. The van der Waals surface area contributed by atoms with Crippen LogP contribution in [0.3, 0.4) is 0 Å². The predicted octanol–water partition coefficient (Wildman–Crippen LogP) is 2.63. The van der Waals surface area contributed by atoms with E-state index in [9.17, 15) is 4.79 Å². The third-order valence-electron chi connectivity index (χ3n) is 3.50. The lowest BCUT2D eigenvalue weighted by Crippen LogP contribution is -2.41. The number of ketones is 1. The smallest absolute Gasteiger partial charge is 0.176 e. The highest BCUT2D eigenvalue weighted by Gasteiger charge is 2.21. The minimum atomic E-state index is 0.0563. The monoisotopic (exact) mass is 265 g/mol. The largest absolute Gasteiger partial charge is 0.346 e. The van der Waals surface area contributed by atoms with Crippen molar-refractivity contribution in [2.75, 3.05) is 20.6 Å². The molecule has 0 spiro atoms. The molecular weight excluding hydrogens is 238 g/mol. The Morgan fingerprint density at radius 1 is 1.21 bits per heavy atom. The van der Waals surface area contributed by atoms with Crippen LogP contribution in [0.2, 0.25) is 0 Å². The van der Waals surface area contributed by atoms with Crippen molar-refractivity contribution in [3.05, 3.63) is 36.8 Å². The molecular formula is C15H27N3O. The molecule has 0 aliphatic carbocycles. The third kappa shape index (κ3) is 4.24. The van der Waals surface area contributed by atoms with E-state index in [0.29, 0.717) is 5.70 Å². The van der Waals surface area contributed by atoms with E-state index in [1.165, 1.54) is 0 Å². The van der Waals surface area contributed by atoms with Gasteiger partial charge in [0.05, 0.1) is 5.70 Å². The summed E-state index contributed by atoms with van der Waals surface area (Å²) in [6, 6.07) is 0.0934. The SMILES string of the molecule is C=CN(CC)/C(C(C)=O)=C(/C)C(C)N(C)N(C)C=C. The lowest BCUT2D eigenvalue weighted by Gasteiger charge is -2.35. The number of nitrogens with zero attached hydrogens (tertiary/aromatic N) is 3. The molecule has 0 amide bonds. The quantitative estimate of drug-likeness (QED) is 0.498. The highest BCUT2D eigenvalue weighted by molar-refractivity contribution is 5.93. The fraction of sp³-hybridized carbons (Fsp3) is 0.533. The van der Waals surface area contributed by atoms with Crippen LogP contribution < -0.4 is 0 Å². The van der Waals surface area contributed by atoms with Crippen molar-refractivity contribution in [2.24, 2.45) is 0 Å². The van der Waals surface area contributed by atoms with Crippen LogP contribution in [0, 0.1) is 0 Å². The molecule has 0 fully saturated rings. The fourth-order valence-electron chi connectivity index (χ4n) is 1.97. The van der Waals surface area contributed by atoms with Gasteiger partial charge in [0.2, 0.25) is 0 Å². The first kappa shape index (κ1) is 17.4. The molecule has 0 aromatic carbocycles. The maximum atomic E-state index is 11.9. The van der Waals surface area contributed by atoms with Gasteiger partial charge >= 0.3 is 0 Å². The van der Waals surface area contributed by atoms with E-state index in [1.807, 2.05) is 42.9 Å². The van der Waals surface area contributed by atoms with Crippen molar-refractivity contribution < 1.29 is 4.79 Å². The fourth-order valence-corrected chi connectivity index (χ4v) is 1.97. The van der Waals surface area contributed by atoms with Gasteiger partial charge in [0.1, 0.15) is 0 Å². The van der Waals surface area contributed by atoms with Crippen LogP contribution >= 0.6 is 0 Å². The van der Waals surface area contributed by atoms with Crippen molar-refractivity contribution in [3.63, 3.8) is 0 Å². The van der Waals surface area contributed by atoms with Crippen LogP contribution in [0.1, 0.15) is 27.7 Å². The molecule has 19 heavy (non-hydrogen) atoms. The van der Waals surface area contributed by atoms with Crippen LogP contribution in [0.5, 0.6) is 0 Å². The molecule has 0 bridgehead atoms. The average Bonchev–Trinajstić information content (AvgIpc) is 2.40. The van der Waals surface area contributed by atoms with Crippen molar-refractivity contribution in [2.45, 2.75) is 33.7 Å². The van der Waals surface area contributed by atoms with Crippen LogP contribution in [0.4, 0.5) is 0 Å². The molecule has 1 unspecified atom stereocenters. The van der Waals surface area contributed by atoms with E-state index in [1.54, 1.807) is 19.3 Å². The Hall–Kier alpha value is -1.55. The van der Waals surface area contributed by atoms with Crippen LogP contribution in [0.15, 0.2) is 36.8 Å². The minimum absolute atomic E-state index is 0.0563. The van der Waals surface area contributed by atoms with Gasteiger partial charge < -0.3 is 9.91 Å². The molecule has 0 heterocycles. The first-order chi connectivity index (χ1) is 8.81. The summed E-state index contributed by atoms with van der Waals surface area (Å²) >= 11 is 0. The Labute approximate surface area is 117 Å². The van der Waals surface area contributed by atoms with Crippen molar-refractivity contribution in [3.8, 4) is 0 Å². The average molecular weight is 265 g/mol. The second-order valence-electron chi connectivity index (χ2n) is 4.56. The summed E-state index contributed by atoms with van der Waals surface area (Å²) in [5, 5.41) is 3.93. The van der Waals surface area contributed by atoms with Crippen molar-refractivity contribution >= 4 is 5.78 Å². The topological polar surface area (TPSA) is 26.8 Å². The number of likely N-dealkylation sites (N-methyl/N-ethyl adjacent to an activating group) is 2. The Morgan fingerprint density at radius 2 is 1.74 bits per heavy atom. The van der Waals surface area contributed by atoms with Crippen LogP contribution in [0.25, 0.3) is 0 Å². The Morgan fingerprint density at radius 3 is 2.05 bits per heavy atom. The molecule has 0 saturated heterocycles. The van der Waals surface area contributed by atoms with E-state index >= 15 is 0 Å². The molecule has 4 heteroatoms. The van der Waals surface area contributed by atoms with Crippen molar-refractivity contribution in [1.29, 1.82) is 0 Å². The Kier molecular flexibility index (Phi) is 7.16. The van der Waals surface area contributed by atoms with Gasteiger partial charge in [-0.05, 0) is 32.5 Å². The summed E-state index contributed by atoms with van der Waals surface area (Å²) in [5.41, 5.74) is 1.74. The number of allylic oxidation sites excluding steroid dienone is 1. The maximum Gasteiger partial charge on any atom is 0.176 e. The second kappa shape index (κ2) is 7.79. The first-order valence-corrected chi connectivity index (χ1v) is 6.50. The lowest BCUT2D eigenvalue weighted by atomic mass is 10.0. The normalized spacial score (nSPS) is 13.6. The number of hydrogen-bond acceptors (Lipinski definition) is 4. The maximum absolute atomic E-state index is 11.9. The molecule has 0 aliphatic heterocycles. The molecule has 108 valence electrons. The molecule has 0 saturated carbocycles. The molecule has 0 aromatic rings. The number of carbonyl (C=O) groups is 1. The number of hydrogen-bond donors (Lipinski definition) is 0. The highest BCUT2D eigenvalue weighted by Crippen LogP contribution is 2.19. The molecule has 0 aromatic heterocycles. The number of hydrazine groups is 1. The summed E-state index contributed by atoms with van der Waals surface area (Å²) in [7, 11) is 3.90. The summed E-state index contributed by atoms with van der Waals surface area (Å²) in [4.78, 5) is 13.8. The highest BCUT2D eigenvalue weighted by atomic mass is 16.1. The molecule has 4 nitrogen and oxygen atoms in total. The van der Waals surface area contributed by atoms with Crippen LogP contribution in [-0.2, 0) is 4.79 Å². The minimum Gasteiger partial charge on any atom is -0.346 e. The molecule has 0 rings (SSSR count). The molecule has 1 atom stereocenters. The molecule has 0 radical (unpaired) electrons. The molecule has 0 N–H and O–H groups in total. The summed E-state index contributed by atoms with van der Waals surface area (Å²) in [6.07, 6.45) is 3.44. The van der Waals surface area contributed by atoms with Gasteiger partial charge in [-0.15, -0.1) is 0 Å². The third-order valence-corrected chi connectivity index (χ3v) is 3.50. The number of carbonyl (C=O) groups excluding carboxylic acids is 1. The zero-order valence-electron chi connectivity index (χ0n) is 13.1. The second-order valence-corrected chi connectivity index (χ2v) is 4.56. The van der Waals surface area contributed by atoms with E-state index in [0.717, 1.165) is 12.1 Å². The summed E-state index contributed by atoms with van der Waals surface area (Å²) in [6.45, 7) is 15.9. The van der Waals surface area contributed by atoms with Gasteiger partial charge in [0.25, 0.3) is 0 Å². The van der Waals surface area contributed by atoms with E-state index in [2.05, 4.69) is 20.1 Å². The van der Waals surface area contributed by atoms with Gasteiger partial charge in [-0.25, -0.2) is 5.01 Å². The predicted molar refractivity (Wildman–Crippen MR) is 81.1 cm³/mol. The summed E-state index contributed by atoms with van der Waals surface area (Å²) < 4.78 is 0. The van der Waals surface area contributed by atoms with Gasteiger partial charge in [0.15, 0.2) is 5.78 Å². The van der Waals surface area contributed by atoms with Gasteiger partial charge in [-0.2, -0.15) is 0 Å². The Balaban J connectivity index is 5.51. The first-order valence-electron chi connectivity index (χ1n) is 6.50. The number of rotatable bonds is 8. The van der Waals surface area contributed by atoms with Gasteiger partial charge in [-0.3, -0.25) is 4.79 Å². The van der Waals surface area contributed by atoms with Crippen molar-refractivity contribution in [1.82, 2.24) is 14.9 Å². The van der Waals surface area contributed by atoms with Crippen LogP contribution in [-0.4, -0.2) is 47.4 Å². The van der Waals surface area contributed by atoms with Gasteiger partial charge in [0, 0.05) is 39.8 Å². The zero-order valence-corrected chi connectivity index (χ0v) is 13.1. The molecule has 0 aliphatic rings. The number of Topliss-reactive ketones (excluding diaryl/α,β-unsaturated/α-hetero) is 1. The van der Waals surface area contributed by atoms with E-state index in [4.69, 9.17) is 0 Å².